The van der Waals surface area contributed by atoms with Gasteiger partial charge in [0.15, 0.2) is 12.4 Å². The van der Waals surface area contributed by atoms with Crippen LogP contribution in [0.2, 0.25) is 0 Å². The van der Waals surface area contributed by atoms with E-state index in [9.17, 15) is 35.1 Å². The van der Waals surface area contributed by atoms with Crippen molar-refractivity contribution < 1.29 is 49.3 Å². The molecule has 0 aromatic rings. The second-order valence-corrected chi connectivity index (χ2v) is 21.5. The van der Waals surface area contributed by atoms with Gasteiger partial charge in [0.2, 0.25) is 5.91 Å². The number of rotatable bonds is 52. The van der Waals surface area contributed by atoms with E-state index in [0.29, 0.717) is 12.8 Å². The van der Waals surface area contributed by atoms with Gasteiger partial charge >= 0.3 is 5.97 Å². The van der Waals surface area contributed by atoms with E-state index in [1.165, 1.54) is 116 Å². The van der Waals surface area contributed by atoms with Crippen LogP contribution in [0.4, 0.5) is 0 Å². The first-order valence-electron chi connectivity index (χ1n) is 31.4. The van der Waals surface area contributed by atoms with Crippen LogP contribution in [0.1, 0.15) is 258 Å². The van der Waals surface area contributed by atoms with Gasteiger partial charge in [0.1, 0.15) is 24.4 Å². The zero-order valence-corrected chi connectivity index (χ0v) is 49.1. The molecular formula is C66H115NO10. The molecule has 8 unspecified atom stereocenters. The third-order valence-electron chi connectivity index (χ3n) is 14.3. The van der Waals surface area contributed by atoms with Gasteiger partial charge in [-0.1, -0.05) is 254 Å². The van der Waals surface area contributed by atoms with Gasteiger partial charge in [-0.3, -0.25) is 9.59 Å². The minimum absolute atomic E-state index is 0.0970. The first kappa shape index (κ1) is 71.9. The summed E-state index contributed by atoms with van der Waals surface area (Å²) in [5, 5.41) is 57.0. The number of carbonyl (C=O) groups is 2. The lowest BCUT2D eigenvalue weighted by atomic mass is 9.99. The number of unbranched alkanes of at least 4 members (excludes halogenated alkanes) is 28. The van der Waals surface area contributed by atoms with Crippen LogP contribution in [-0.2, 0) is 23.8 Å². The lowest BCUT2D eigenvalue weighted by molar-refractivity contribution is -0.305. The third kappa shape index (κ3) is 41.5. The Morgan fingerprint density at radius 2 is 0.987 bits per heavy atom. The largest absolute Gasteiger partial charge is 0.454 e. The van der Waals surface area contributed by atoms with Crippen molar-refractivity contribution >= 4 is 11.9 Å². The van der Waals surface area contributed by atoms with Gasteiger partial charge < -0.3 is 45.1 Å². The van der Waals surface area contributed by atoms with Crippen molar-refractivity contribution in [2.45, 2.75) is 307 Å². The maximum atomic E-state index is 13.4. The fourth-order valence-corrected chi connectivity index (χ4v) is 9.36. The van der Waals surface area contributed by atoms with Crippen molar-refractivity contribution in [1.82, 2.24) is 5.32 Å². The van der Waals surface area contributed by atoms with Gasteiger partial charge in [-0.15, -0.1) is 0 Å². The highest BCUT2D eigenvalue weighted by molar-refractivity contribution is 5.80. The molecule has 1 fully saturated rings. The molecule has 6 N–H and O–H groups in total. The Hall–Kier alpha value is -3.16. The molecule has 1 amide bonds. The summed E-state index contributed by atoms with van der Waals surface area (Å²) in [5.41, 5.74) is 0. The monoisotopic (exact) mass is 1080 g/mol. The highest BCUT2D eigenvalue weighted by Gasteiger charge is 2.47. The quantitative estimate of drug-likeness (QED) is 0.0149. The Morgan fingerprint density at radius 3 is 1.53 bits per heavy atom. The van der Waals surface area contributed by atoms with Crippen LogP contribution in [0.15, 0.2) is 85.1 Å². The SMILES string of the molecule is CC/C=C/C=C/C=C\CCCCCCCC(=O)OC1C(OCC(NC(=O)C(O)CCCCCCCCCCC/C=C\C/C=C\C/C=C\CCCCC)C(O)/C=C/CCCCCCCCCCCCC)OC(CO)C(O)C1O. The minimum Gasteiger partial charge on any atom is -0.454 e. The molecule has 1 rings (SSSR count). The van der Waals surface area contributed by atoms with Crippen LogP contribution in [0.3, 0.4) is 0 Å². The second-order valence-electron chi connectivity index (χ2n) is 21.5. The first-order chi connectivity index (χ1) is 37.7. The molecule has 11 heteroatoms. The fourth-order valence-electron chi connectivity index (χ4n) is 9.36. The molecule has 0 bridgehead atoms. The molecule has 1 aliphatic rings. The van der Waals surface area contributed by atoms with Gasteiger partial charge in [0.05, 0.1) is 25.4 Å². The number of hydrogen-bond acceptors (Lipinski definition) is 10. The number of aliphatic hydroxyl groups is 5. The molecule has 0 spiro atoms. The Morgan fingerprint density at radius 1 is 0.532 bits per heavy atom. The number of ether oxygens (including phenoxy) is 3. The lowest BCUT2D eigenvalue weighted by Crippen LogP contribution is -2.61. The molecule has 0 aliphatic carbocycles. The van der Waals surface area contributed by atoms with Crippen molar-refractivity contribution in [3.8, 4) is 0 Å². The van der Waals surface area contributed by atoms with Crippen molar-refractivity contribution in [3.63, 3.8) is 0 Å². The molecular weight excluding hydrogens is 967 g/mol. The molecule has 0 saturated carbocycles. The Kier molecular flexibility index (Phi) is 49.9. The maximum absolute atomic E-state index is 13.4. The summed E-state index contributed by atoms with van der Waals surface area (Å²) < 4.78 is 17.6. The predicted octanol–water partition coefficient (Wildman–Crippen LogP) is 14.9. The molecule has 0 aromatic carbocycles. The molecule has 8 atom stereocenters. The molecule has 1 saturated heterocycles. The van der Waals surface area contributed by atoms with E-state index in [1.807, 2.05) is 24.3 Å². The summed E-state index contributed by atoms with van der Waals surface area (Å²) in [7, 11) is 0. The van der Waals surface area contributed by atoms with Gasteiger partial charge in [0.25, 0.3) is 0 Å². The number of allylic oxidation sites excluding steroid dienone is 13. The number of nitrogens with one attached hydrogen (secondary N) is 1. The average molecular weight is 1080 g/mol. The van der Waals surface area contributed by atoms with Crippen LogP contribution in [0.25, 0.3) is 0 Å². The summed E-state index contributed by atoms with van der Waals surface area (Å²) in [4.78, 5) is 26.5. The van der Waals surface area contributed by atoms with Gasteiger partial charge in [-0.2, -0.15) is 0 Å². The van der Waals surface area contributed by atoms with Crippen LogP contribution < -0.4 is 5.32 Å². The molecule has 444 valence electrons. The zero-order valence-electron chi connectivity index (χ0n) is 49.1. The summed E-state index contributed by atoms with van der Waals surface area (Å²) in [6.45, 7) is 5.61. The Balaban J connectivity index is 2.67. The number of amides is 1. The number of carbonyl (C=O) groups excluding carboxylic acids is 2. The van der Waals surface area contributed by atoms with Crippen LogP contribution in [0, 0.1) is 0 Å². The zero-order chi connectivity index (χ0) is 56.1. The Bertz CT molecular complexity index is 1570. The summed E-state index contributed by atoms with van der Waals surface area (Å²) >= 11 is 0. The van der Waals surface area contributed by atoms with E-state index in [0.717, 1.165) is 96.3 Å². The second kappa shape index (κ2) is 53.5. The summed E-state index contributed by atoms with van der Waals surface area (Å²) in [6, 6.07) is -1.03. The normalized spacial score (nSPS) is 19.6. The van der Waals surface area contributed by atoms with Crippen LogP contribution in [-0.4, -0.2) is 99.6 Å². The van der Waals surface area contributed by atoms with Crippen LogP contribution >= 0.6 is 0 Å². The number of aliphatic hydroxyl groups excluding tert-OH is 5. The lowest BCUT2D eigenvalue weighted by Gasteiger charge is -2.41. The number of hydrogen-bond donors (Lipinski definition) is 6. The third-order valence-corrected chi connectivity index (χ3v) is 14.3. The highest BCUT2D eigenvalue weighted by atomic mass is 16.7. The van der Waals surface area contributed by atoms with E-state index in [1.54, 1.807) is 6.08 Å². The smallest absolute Gasteiger partial charge is 0.306 e. The van der Waals surface area contributed by atoms with Gasteiger partial charge in [-0.05, 0) is 83.5 Å². The van der Waals surface area contributed by atoms with Gasteiger partial charge in [0, 0.05) is 6.42 Å². The number of esters is 1. The van der Waals surface area contributed by atoms with Crippen molar-refractivity contribution in [2.75, 3.05) is 13.2 Å². The highest BCUT2D eigenvalue weighted by Crippen LogP contribution is 2.26. The Labute approximate surface area is 470 Å². The standard InChI is InChI=1S/C66H115NO10/c1-4-7-10-13-16-19-22-25-26-27-28-29-30-31-32-33-36-38-41-44-47-50-53-59(70)65(74)67-57(58(69)52-49-46-43-40-37-34-23-20-17-14-11-8-5-2)56-75-66-64(63(73)62(72)60(55-68)76-66)77-61(71)54-51-48-45-42-39-35-24-21-18-15-12-9-6-3/h9,12,15-16,18-19,21,24-26,28-29,49,52,57-60,62-64,66,68-70,72-73H,4-8,10-11,13-14,17,20,22-23,27,30-48,50-51,53-56H2,1-3H3,(H,67,74)/b12-9+,18-15+,19-16-,24-21-,26-25-,29-28-,52-49+. The van der Waals surface area contributed by atoms with E-state index in [2.05, 4.69) is 80.8 Å². The fraction of sp³-hybridized carbons (Fsp3) is 0.758. The first-order valence-corrected chi connectivity index (χ1v) is 31.4. The van der Waals surface area contributed by atoms with E-state index in [-0.39, 0.29) is 19.4 Å². The van der Waals surface area contributed by atoms with E-state index in [4.69, 9.17) is 14.2 Å². The summed E-state index contributed by atoms with van der Waals surface area (Å²) in [5.74, 6) is -1.22. The topological polar surface area (TPSA) is 175 Å². The molecule has 1 aliphatic heterocycles. The van der Waals surface area contributed by atoms with E-state index >= 15 is 0 Å². The predicted molar refractivity (Wildman–Crippen MR) is 319 cm³/mol. The average Bonchev–Trinajstić information content (AvgIpc) is 3.43. The molecule has 0 radical (unpaired) electrons. The summed E-state index contributed by atoms with van der Waals surface area (Å²) in [6.07, 6.45) is 59.1. The van der Waals surface area contributed by atoms with Crippen molar-refractivity contribution in [2.24, 2.45) is 0 Å². The van der Waals surface area contributed by atoms with Gasteiger partial charge in [-0.25, -0.2) is 0 Å². The minimum atomic E-state index is -1.63. The van der Waals surface area contributed by atoms with E-state index < -0.39 is 67.4 Å². The maximum Gasteiger partial charge on any atom is 0.306 e. The molecule has 0 aromatic heterocycles. The van der Waals surface area contributed by atoms with Crippen LogP contribution in [0.5, 0.6) is 0 Å². The van der Waals surface area contributed by atoms with Crippen molar-refractivity contribution in [3.05, 3.63) is 85.1 Å². The molecule has 11 nitrogen and oxygen atoms in total. The molecule has 1 heterocycles. The molecule has 77 heavy (non-hydrogen) atoms. The van der Waals surface area contributed by atoms with Crippen molar-refractivity contribution in [1.29, 1.82) is 0 Å².